The van der Waals surface area contributed by atoms with Gasteiger partial charge in [-0.05, 0) is 0 Å². The Labute approximate surface area is 111 Å². The van der Waals surface area contributed by atoms with E-state index < -0.39 is 23.7 Å². The molecule has 2 unspecified atom stereocenters. The third kappa shape index (κ3) is 1.79. The minimum atomic E-state index is -3.54. The van der Waals surface area contributed by atoms with Gasteiger partial charge in [-0.25, -0.2) is 0 Å². The van der Waals surface area contributed by atoms with Gasteiger partial charge < -0.3 is 0 Å². The second-order valence-electron chi connectivity index (χ2n) is 4.16. The average molecular weight is 376 g/mol. The zero-order valence-electron chi connectivity index (χ0n) is 9.20. The Kier molecular flexibility index (Phi) is 2.85. The molecule has 92 valence electrons. The van der Waals surface area contributed by atoms with Gasteiger partial charge in [-0.15, -0.1) is 0 Å². The van der Waals surface area contributed by atoms with E-state index in [1.54, 1.807) is 12.7 Å². The molecular weight excluding hydrogens is 363 g/mol. The van der Waals surface area contributed by atoms with Crippen molar-refractivity contribution in [2.45, 2.75) is 38.9 Å². The van der Waals surface area contributed by atoms with Crippen LogP contribution in [-0.4, -0.2) is 17.7 Å². The fourth-order valence-corrected chi connectivity index (χ4v) is 9.76. The van der Waals surface area contributed by atoms with Crippen molar-refractivity contribution in [1.29, 1.82) is 0 Å². The topological polar surface area (TPSA) is 44.8 Å². The normalized spacial score (nSPS) is 42.6. The second kappa shape index (κ2) is 3.51. The predicted molar refractivity (Wildman–Crippen MR) is 69.3 cm³/mol. The first kappa shape index (κ1) is 13.0. The van der Waals surface area contributed by atoms with Gasteiger partial charge in [0.15, 0.2) is 0 Å². The molecule has 7 heteroatoms. The van der Waals surface area contributed by atoms with Crippen LogP contribution in [0.25, 0.3) is 0 Å². The first-order valence-corrected chi connectivity index (χ1v) is 9.85. The molecule has 0 amide bonds. The van der Waals surface area contributed by atoms with E-state index in [9.17, 15) is 4.79 Å². The van der Waals surface area contributed by atoms with Gasteiger partial charge in [0.25, 0.3) is 0 Å². The zero-order chi connectivity index (χ0) is 12.2. The van der Waals surface area contributed by atoms with E-state index in [1.807, 2.05) is 13.8 Å². The third-order valence-corrected chi connectivity index (χ3v) is 8.79. The van der Waals surface area contributed by atoms with Crippen LogP contribution in [0.5, 0.6) is 0 Å². The van der Waals surface area contributed by atoms with Gasteiger partial charge in [0.1, 0.15) is 0 Å². The average Bonchev–Trinajstić information content (AvgIpc) is 2.48. The monoisotopic (exact) mass is 374 g/mol. The van der Waals surface area contributed by atoms with E-state index in [2.05, 4.69) is 31.4 Å². The molecule has 2 aliphatic heterocycles. The molecule has 0 aromatic rings. The molecule has 4 nitrogen and oxygen atoms in total. The summed E-state index contributed by atoms with van der Waals surface area (Å²) < 4.78 is 17.7. The van der Waals surface area contributed by atoms with Crippen molar-refractivity contribution in [3.8, 4) is 0 Å². The Balaban J connectivity index is 2.41. The second-order valence-corrected chi connectivity index (χ2v) is 11.4. The predicted octanol–water partition coefficient (Wildman–Crippen LogP) is 3.99. The molecule has 1 spiro atoms. The fraction of sp³-hybridized carbons (Fsp3) is 0.667. The van der Waals surface area contributed by atoms with Crippen LogP contribution in [0.2, 0.25) is 0 Å². The van der Waals surface area contributed by atoms with Crippen molar-refractivity contribution in [2.75, 3.05) is 0 Å². The molecule has 0 bridgehead atoms. The van der Waals surface area contributed by atoms with Crippen molar-refractivity contribution in [3.63, 3.8) is 0 Å². The molecule has 1 fully saturated rings. The first-order valence-electron chi connectivity index (χ1n) is 4.98. The van der Waals surface area contributed by atoms with E-state index in [-0.39, 0.29) is 0 Å². The summed E-state index contributed by atoms with van der Waals surface area (Å²) in [6.45, 7) is 5.58. The minimum absolute atomic E-state index is 0.397. The number of carbonyl (C=O) groups is 1. The molecule has 0 aromatic carbocycles. The Morgan fingerprint density at radius 3 is 2.62 bits per heavy atom. The molecule has 0 N–H and O–H groups in total. The van der Waals surface area contributed by atoms with Crippen molar-refractivity contribution >= 4 is 43.4 Å². The molecule has 2 atom stereocenters. The summed E-state index contributed by atoms with van der Waals surface area (Å²) in [5, 5.41) is 0. The van der Waals surface area contributed by atoms with E-state index in [4.69, 9.17) is 13.6 Å². The van der Waals surface area contributed by atoms with Crippen LogP contribution >= 0.6 is 37.4 Å². The maximum absolute atomic E-state index is 11.5. The van der Waals surface area contributed by atoms with Gasteiger partial charge in [-0.2, -0.15) is 0 Å². The summed E-state index contributed by atoms with van der Waals surface area (Å²) in [4.78, 5) is 11.5. The van der Waals surface area contributed by atoms with Crippen LogP contribution in [0.3, 0.4) is 0 Å². The Morgan fingerprint density at radius 1 is 1.62 bits per heavy atom. The van der Waals surface area contributed by atoms with E-state index in [0.29, 0.717) is 0 Å². The van der Waals surface area contributed by atoms with Crippen LogP contribution in [-0.2, 0) is 18.4 Å². The van der Waals surface area contributed by atoms with Gasteiger partial charge in [0.05, 0.1) is 0 Å². The summed E-state index contributed by atoms with van der Waals surface area (Å²) in [7, 11) is 0. The van der Waals surface area contributed by atoms with Crippen molar-refractivity contribution in [1.82, 2.24) is 0 Å². The van der Waals surface area contributed by atoms with E-state index in [1.165, 1.54) is 0 Å². The molecule has 2 rings (SSSR count). The van der Waals surface area contributed by atoms with Crippen LogP contribution in [0.15, 0.2) is 10.3 Å². The molecule has 0 aliphatic carbocycles. The number of carbonyl (C=O) groups excluding carboxylic acids is 1. The van der Waals surface area contributed by atoms with Crippen LogP contribution in [0.4, 0.5) is 0 Å². The van der Waals surface area contributed by atoms with Crippen molar-refractivity contribution < 1.29 is 18.4 Å². The third-order valence-electron chi connectivity index (χ3n) is 2.79. The molecule has 2 heterocycles. The standard InChI is InChI=1S/C9H13Br2O4P/c1-4-9(3)7(10)5-16(11,15-9)13-6(2)8(12)14-16/h5-6H,4H2,1-3H3. The molecular formula is C9H13Br2O4P. The van der Waals surface area contributed by atoms with Gasteiger partial charge in [0, 0.05) is 0 Å². The summed E-state index contributed by atoms with van der Waals surface area (Å²) >= 11 is 6.84. The Morgan fingerprint density at radius 2 is 2.25 bits per heavy atom. The molecule has 0 radical (unpaired) electrons. The fourth-order valence-electron chi connectivity index (χ4n) is 1.65. The van der Waals surface area contributed by atoms with Crippen molar-refractivity contribution in [3.05, 3.63) is 10.3 Å². The molecule has 16 heavy (non-hydrogen) atoms. The molecule has 1 saturated heterocycles. The maximum atomic E-state index is 11.5. The SMILES string of the molecule is CCC1(C)OP2(Br)(C=C1Br)OC(=O)C(C)O2. The summed E-state index contributed by atoms with van der Waals surface area (Å²) in [5.74, 6) is -2.20. The first-order chi connectivity index (χ1) is 7.21. The summed E-state index contributed by atoms with van der Waals surface area (Å²) in [6, 6.07) is 0. The molecule has 0 saturated carbocycles. The van der Waals surface area contributed by atoms with Crippen LogP contribution in [0.1, 0.15) is 27.2 Å². The Bertz CT molecular complexity index is 401. The van der Waals surface area contributed by atoms with Gasteiger partial charge in [-0.1, -0.05) is 0 Å². The van der Waals surface area contributed by atoms with Crippen molar-refractivity contribution in [2.24, 2.45) is 0 Å². The molecule has 2 aliphatic rings. The van der Waals surface area contributed by atoms with Crippen LogP contribution in [0, 0.1) is 0 Å². The van der Waals surface area contributed by atoms with Gasteiger partial charge in [0.2, 0.25) is 0 Å². The summed E-state index contributed by atoms with van der Waals surface area (Å²) in [6.07, 6.45) is 0.149. The number of hydrogen-bond donors (Lipinski definition) is 0. The number of halogens is 2. The van der Waals surface area contributed by atoms with E-state index in [0.717, 1.165) is 10.9 Å². The number of rotatable bonds is 1. The van der Waals surface area contributed by atoms with E-state index >= 15 is 0 Å². The van der Waals surface area contributed by atoms with Crippen LogP contribution < -0.4 is 0 Å². The Hall–Kier alpha value is 0.520. The van der Waals surface area contributed by atoms with Gasteiger partial charge in [-0.3, -0.25) is 0 Å². The zero-order valence-corrected chi connectivity index (χ0v) is 13.3. The molecule has 0 aromatic heterocycles. The summed E-state index contributed by atoms with van der Waals surface area (Å²) in [5.41, 5.74) is -0.508. The number of hydrogen-bond acceptors (Lipinski definition) is 4. The quantitative estimate of drug-likeness (QED) is 0.650. The van der Waals surface area contributed by atoms with Gasteiger partial charge >= 0.3 is 111 Å².